The summed E-state index contributed by atoms with van der Waals surface area (Å²) >= 11 is 0. The minimum Gasteiger partial charge on any atom is -0.497 e. The van der Waals surface area contributed by atoms with E-state index in [1.807, 2.05) is 55.5 Å². The van der Waals surface area contributed by atoms with E-state index < -0.39 is 0 Å². The lowest BCUT2D eigenvalue weighted by Crippen LogP contribution is -2.42. The minimum absolute atomic E-state index is 0.0669. The van der Waals surface area contributed by atoms with Gasteiger partial charge in [0.05, 0.1) is 24.9 Å². The maximum Gasteiger partial charge on any atom is 0.255 e. The van der Waals surface area contributed by atoms with Gasteiger partial charge in [0.15, 0.2) is 0 Å². The van der Waals surface area contributed by atoms with Gasteiger partial charge in [-0.05, 0) is 44.0 Å². The molecule has 0 unspecified atom stereocenters. The quantitative estimate of drug-likeness (QED) is 0.574. The molecule has 1 aliphatic carbocycles. The van der Waals surface area contributed by atoms with Crippen LogP contribution in [0.15, 0.2) is 54.7 Å². The number of carbonyl (C=O) groups is 2. The summed E-state index contributed by atoms with van der Waals surface area (Å²) in [4.78, 5) is 25.5. The zero-order valence-corrected chi connectivity index (χ0v) is 19.1. The molecular weight excluding hydrogens is 416 g/mol. The highest BCUT2D eigenvalue weighted by Crippen LogP contribution is 2.27. The van der Waals surface area contributed by atoms with Gasteiger partial charge < -0.3 is 15.4 Å². The number of nitrogens with zero attached hydrogens (tertiary/aromatic N) is 2. The topological polar surface area (TPSA) is 85.2 Å². The highest BCUT2D eigenvalue weighted by atomic mass is 16.5. The van der Waals surface area contributed by atoms with Crippen LogP contribution in [0.2, 0.25) is 0 Å². The third-order valence-electron chi connectivity index (χ3n) is 5.98. The van der Waals surface area contributed by atoms with Gasteiger partial charge >= 0.3 is 0 Å². The summed E-state index contributed by atoms with van der Waals surface area (Å²) in [6.45, 7) is 1.95. The van der Waals surface area contributed by atoms with Gasteiger partial charge in [0, 0.05) is 17.8 Å². The van der Waals surface area contributed by atoms with E-state index in [0.29, 0.717) is 17.0 Å². The lowest BCUT2D eigenvalue weighted by Gasteiger charge is -2.22. The number of nitrogens with one attached hydrogen (secondary N) is 2. The molecule has 7 nitrogen and oxygen atoms in total. The first-order valence-corrected chi connectivity index (χ1v) is 11.4. The SMILES string of the molecule is COc1cccc(-c2nn(-c3ccc(C)cc3)cc2C(=O)NCC(=O)NC2CCCCC2)c1. The van der Waals surface area contributed by atoms with Crippen LogP contribution in [-0.4, -0.2) is 41.3 Å². The molecule has 2 aromatic carbocycles. The Morgan fingerprint density at radius 3 is 2.58 bits per heavy atom. The van der Waals surface area contributed by atoms with Crippen LogP contribution in [-0.2, 0) is 4.79 Å². The molecule has 1 heterocycles. The number of amides is 2. The van der Waals surface area contributed by atoms with Crippen molar-refractivity contribution in [3.05, 3.63) is 65.9 Å². The highest BCUT2D eigenvalue weighted by molar-refractivity contribution is 6.01. The van der Waals surface area contributed by atoms with Gasteiger partial charge in [-0.1, -0.05) is 49.1 Å². The van der Waals surface area contributed by atoms with Crippen molar-refractivity contribution in [3.8, 4) is 22.7 Å². The molecule has 4 rings (SSSR count). The van der Waals surface area contributed by atoms with Gasteiger partial charge in [0.2, 0.25) is 5.91 Å². The number of aryl methyl sites for hydroxylation is 1. The van der Waals surface area contributed by atoms with Gasteiger partial charge in [-0.2, -0.15) is 5.10 Å². The van der Waals surface area contributed by atoms with Crippen LogP contribution in [0.3, 0.4) is 0 Å². The fourth-order valence-corrected chi connectivity index (χ4v) is 4.13. The number of methoxy groups -OCH3 is 1. The summed E-state index contributed by atoms with van der Waals surface area (Å²) in [6.07, 6.45) is 7.21. The second-order valence-electron chi connectivity index (χ2n) is 8.49. The Morgan fingerprint density at radius 1 is 1.09 bits per heavy atom. The van der Waals surface area contributed by atoms with Gasteiger partial charge in [0.1, 0.15) is 11.4 Å². The largest absolute Gasteiger partial charge is 0.497 e. The van der Waals surface area contributed by atoms with Crippen molar-refractivity contribution < 1.29 is 14.3 Å². The first-order chi connectivity index (χ1) is 16.0. The molecule has 3 aromatic rings. The lowest BCUT2D eigenvalue weighted by atomic mass is 9.95. The van der Waals surface area contributed by atoms with Crippen molar-refractivity contribution in [3.63, 3.8) is 0 Å². The van der Waals surface area contributed by atoms with Gasteiger partial charge in [-0.3, -0.25) is 9.59 Å². The Kier molecular flexibility index (Phi) is 7.07. The molecule has 0 spiro atoms. The fourth-order valence-electron chi connectivity index (χ4n) is 4.13. The van der Waals surface area contributed by atoms with Crippen molar-refractivity contribution in [2.45, 2.75) is 45.1 Å². The molecule has 0 aliphatic heterocycles. The van der Waals surface area contributed by atoms with Gasteiger partial charge in [-0.15, -0.1) is 0 Å². The second-order valence-corrected chi connectivity index (χ2v) is 8.49. The first kappa shape index (κ1) is 22.6. The summed E-state index contributed by atoms with van der Waals surface area (Å²) in [7, 11) is 1.60. The number of aromatic nitrogens is 2. The molecular formula is C26H30N4O3. The number of hydrogen-bond donors (Lipinski definition) is 2. The summed E-state index contributed by atoms with van der Waals surface area (Å²) in [5.74, 6) is 0.171. The predicted octanol–water partition coefficient (Wildman–Crippen LogP) is 4.04. The lowest BCUT2D eigenvalue weighted by molar-refractivity contribution is -0.121. The van der Waals surface area contributed by atoms with Crippen molar-refractivity contribution in [2.24, 2.45) is 0 Å². The Balaban J connectivity index is 1.56. The van der Waals surface area contributed by atoms with Crippen molar-refractivity contribution in [1.82, 2.24) is 20.4 Å². The van der Waals surface area contributed by atoms with E-state index in [2.05, 4.69) is 10.6 Å². The van der Waals surface area contributed by atoms with Crippen LogP contribution in [0.1, 0.15) is 48.0 Å². The molecule has 1 saturated carbocycles. The first-order valence-electron chi connectivity index (χ1n) is 11.4. The molecule has 0 saturated heterocycles. The summed E-state index contributed by atoms with van der Waals surface area (Å²) < 4.78 is 7.03. The smallest absolute Gasteiger partial charge is 0.255 e. The summed E-state index contributed by atoms with van der Waals surface area (Å²) in [6, 6.07) is 15.5. The summed E-state index contributed by atoms with van der Waals surface area (Å²) in [5.41, 5.74) is 3.67. The highest BCUT2D eigenvalue weighted by Gasteiger charge is 2.21. The predicted molar refractivity (Wildman–Crippen MR) is 128 cm³/mol. The van der Waals surface area contributed by atoms with Crippen molar-refractivity contribution >= 4 is 11.8 Å². The third-order valence-corrected chi connectivity index (χ3v) is 5.98. The molecule has 2 amide bonds. The van der Waals surface area contributed by atoms with E-state index in [4.69, 9.17) is 9.84 Å². The van der Waals surface area contributed by atoms with Crippen LogP contribution < -0.4 is 15.4 Å². The van der Waals surface area contributed by atoms with E-state index in [1.165, 1.54) is 6.42 Å². The van der Waals surface area contributed by atoms with Crippen LogP contribution >= 0.6 is 0 Å². The average Bonchev–Trinajstić information content (AvgIpc) is 3.29. The number of carbonyl (C=O) groups excluding carboxylic acids is 2. The van der Waals surface area contributed by atoms with Crippen LogP contribution in [0, 0.1) is 6.92 Å². The van der Waals surface area contributed by atoms with Crippen LogP contribution in [0.4, 0.5) is 0 Å². The maximum absolute atomic E-state index is 13.1. The second kappa shape index (κ2) is 10.3. The monoisotopic (exact) mass is 446 g/mol. The van der Waals surface area contributed by atoms with Crippen LogP contribution in [0.5, 0.6) is 5.75 Å². The summed E-state index contributed by atoms with van der Waals surface area (Å²) in [5, 5.41) is 10.5. The average molecular weight is 447 g/mol. The molecule has 0 bridgehead atoms. The van der Waals surface area contributed by atoms with Gasteiger partial charge in [0.25, 0.3) is 5.91 Å². The van der Waals surface area contributed by atoms with E-state index in [-0.39, 0.29) is 24.4 Å². The maximum atomic E-state index is 13.1. The molecule has 0 atom stereocenters. The third kappa shape index (κ3) is 5.61. The zero-order chi connectivity index (χ0) is 23.2. The Hall–Kier alpha value is -3.61. The zero-order valence-electron chi connectivity index (χ0n) is 19.1. The molecule has 0 radical (unpaired) electrons. The molecule has 172 valence electrons. The molecule has 2 N–H and O–H groups in total. The van der Waals surface area contributed by atoms with Crippen molar-refractivity contribution in [1.29, 1.82) is 0 Å². The van der Waals surface area contributed by atoms with Gasteiger partial charge in [-0.25, -0.2) is 4.68 Å². The number of benzene rings is 2. The van der Waals surface area contributed by atoms with E-state index >= 15 is 0 Å². The Labute approximate surface area is 194 Å². The minimum atomic E-state index is -0.343. The Morgan fingerprint density at radius 2 is 1.85 bits per heavy atom. The molecule has 7 heteroatoms. The van der Waals surface area contributed by atoms with Crippen LogP contribution in [0.25, 0.3) is 16.9 Å². The number of ether oxygens (including phenoxy) is 1. The fraction of sp³-hybridized carbons (Fsp3) is 0.346. The van der Waals surface area contributed by atoms with E-state index in [9.17, 15) is 9.59 Å². The number of hydrogen-bond acceptors (Lipinski definition) is 4. The van der Waals surface area contributed by atoms with E-state index in [0.717, 1.165) is 42.5 Å². The standard InChI is InChI=1S/C26H30N4O3/c1-18-11-13-21(14-12-18)30-17-23(25(29-30)19-7-6-10-22(15-19)33-2)26(32)27-16-24(31)28-20-8-4-3-5-9-20/h6-7,10-15,17,20H,3-5,8-9,16H2,1-2H3,(H,27,32)(H,28,31). The van der Waals surface area contributed by atoms with Crippen molar-refractivity contribution in [2.75, 3.05) is 13.7 Å². The molecule has 1 aromatic heterocycles. The molecule has 1 fully saturated rings. The molecule has 1 aliphatic rings. The normalized spacial score (nSPS) is 14.0. The molecule has 33 heavy (non-hydrogen) atoms. The Bertz CT molecular complexity index is 1110. The van der Waals surface area contributed by atoms with E-state index in [1.54, 1.807) is 18.0 Å². The number of rotatable bonds is 7.